The molecule has 1 fully saturated rings. The highest BCUT2D eigenvalue weighted by Crippen LogP contribution is 2.39. The van der Waals surface area contributed by atoms with Gasteiger partial charge in [-0.1, -0.05) is 45.1 Å². The summed E-state index contributed by atoms with van der Waals surface area (Å²) in [6.45, 7) is 4.36. The molecule has 0 spiro atoms. The van der Waals surface area contributed by atoms with Gasteiger partial charge in [0.2, 0.25) is 0 Å². The summed E-state index contributed by atoms with van der Waals surface area (Å²) < 4.78 is 13.6. The molecule has 21 heavy (non-hydrogen) atoms. The van der Waals surface area contributed by atoms with E-state index >= 15 is 0 Å². The number of hydrogen-bond acceptors (Lipinski definition) is 1. The summed E-state index contributed by atoms with van der Waals surface area (Å²) in [5, 5.41) is 3.45. The molecule has 0 heterocycles. The molecule has 1 saturated carbocycles. The van der Waals surface area contributed by atoms with Crippen molar-refractivity contribution in [2.24, 2.45) is 11.8 Å². The Morgan fingerprint density at radius 3 is 2.57 bits per heavy atom. The quantitative estimate of drug-likeness (QED) is 0.741. The van der Waals surface area contributed by atoms with E-state index in [-0.39, 0.29) is 5.82 Å². The van der Waals surface area contributed by atoms with Crippen LogP contribution >= 0.6 is 0 Å². The molecule has 1 aromatic rings. The van der Waals surface area contributed by atoms with Gasteiger partial charge in [0.1, 0.15) is 5.82 Å². The molecule has 1 aliphatic carbocycles. The van der Waals surface area contributed by atoms with E-state index in [0.717, 1.165) is 11.5 Å². The van der Waals surface area contributed by atoms with Gasteiger partial charge in [0.15, 0.2) is 0 Å². The predicted molar refractivity (Wildman–Crippen MR) is 87.9 cm³/mol. The predicted octanol–water partition coefficient (Wildman–Crippen LogP) is 5.39. The smallest absolute Gasteiger partial charge is 0.123 e. The van der Waals surface area contributed by atoms with Crippen molar-refractivity contribution in [1.82, 2.24) is 5.32 Å². The third-order valence-electron chi connectivity index (χ3n) is 5.22. The van der Waals surface area contributed by atoms with Crippen molar-refractivity contribution in [1.29, 1.82) is 0 Å². The summed E-state index contributed by atoms with van der Waals surface area (Å²) in [7, 11) is 2.01. The van der Waals surface area contributed by atoms with Gasteiger partial charge in [-0.2, -0.15) is 0 Å². The van der Waals surface area contributed by atoms with Crippen LogP contribution in [0.1, 0.15) is 69.0 Å². The van der Waals surface area contributed by atoms with Crippen LogP contribution in [0.4, 0.5) is 4.39 Å². The number of nitrogens with one attached hydrogen (secondary N) is 1. The Morgan fingerprint density at radius 2 is 1.95 bits per heavy atom. The number of aryl methyl sites for hydroxylation is 1. The molecule has 0 aromatic heterocycles. The molecular formula is C19H30FN. The molecule has 0 amide bonds. The monoisotopic (exact) mass is 291 g/mol. The molecule has 0 radical (unpaired) electrons. The van der Waals surface area contributed by atoms with Crippen LogP contribution in [-0.4, -0.2) is 7.05 Å². The van der Waals surface area contributed by atoms with Gasteiger partial charge in [-0.3, -0.25) is 0 Å². The van der Waals surface area contributed by atoms with E-state index in [2.05, 4.69) is 19.2 Å². The SMILES string of the molecule is CCCCC1CCC(C(NC)c2cc(F)ccc2C)CC1. The number of halogens is 1. The molecule has 118 valence electrons. The van der Waals surface area contributed by atoms with Crippen LogP contribution < -0.4 is 5.32 Å². The zero-order chi connectivity index (χ0) is 15.2. The van der Waals surface area contributed by atoms with E-state index in [9.17, 15) is 4.39 Å². The standard InChI is InChI=1S/C19H30FN/c1-4-5-6-15-8-10-16(11-9-15)19(21-3)18-13-17(20)12-7-14(18)2/h7,12-13,15-16,19,21H,4-6,8-11H2,1-3H3. The molecule has 2 heteroatoms. The van der Waals surface area contributed by atoms with E-state index in [1.807, 2.05) is 13.1 Å². The van der Waals surface area contributed by atoms with Gasteiger partial charge in [-0.05, 0) is 61.9 Å². The lowest BCUT2D eigenvalue weighted by molar-refractivity contribution is 0.217. The van der Waals surface area contributed by atoms with E-state index < -0.39 is 0 Å². The minimum absolute atomic E-state index is 0.118. The van der Waals surface area contributed by atoms with Crippen molar-refractivity contribution in [2.45, 2.75) is 64.8 Å². The minimum Gasteiger partial charge on any atom is -0.313 e. The third-order valence-corrected chi connectivity index (χ3v) is 5.22. The van der Waals surface area contributed by atoms with Gasteiger partial charge in [0.05, 0.1) is 0 Å². The fourth-order valence-electron chi connectivity index (χ4n) is 3.89. The molecule has 1 unspecified atom stereocenters. The fraction of sp³-hybridized carbons (Fsp3) is 0.684. The van der Waals surface area contributed by atoms with Gasteiger partial charge in [0, 0.05) is 6.04 Å². The first-order chi connectivity index (χ1) is 10.2. The Kier molecular flexibility index (Phi) is 6.22. The molecule has 1 aliphatic rings. The van der Waals surface area contributed by atoms with Crippen molar-refractivity contribution in [2.75, 3.05) is 7.05 Å². The first-order valence-corrected chi connectivity index (χ1v) is 8.59. The van der Waals surface area contributed by atoms with Crippen LogP contribution in [0.5, 0.6) is 0 Å². The average Bonchev–Trinajstić information content (AvgIpc) is 2.50. The molecule has 0 saturated heterocycles. The van der Waals surface area contributed by atoms with Gasteiger partial charge >= 0.3 is 0 Å². The van der Waals surface area contributed by atoms with E-state index in [1.54, 1.807) is 12.1 Å². The zero-order valence-corrected chi connectivity index (χ0v) is 13.8. The Labute approximate surface area is 129 Å². The van der Waals surface area contributed by atoms with E-state index in [4.69, 9.17) is 0 Å². The number of benzene rings is 1. The summed E-state index contributed by atoms with van der Waals surface area (Å²) >= 11 is 0. The van der Waals surface area contributed by atoms with Crippen LogP contribution in [0.2, 0.25) is 0 Å². The molecule has 2 rings (SSSR count). The van der Waals surface area contributed by atoms with E-state index in [1.165, 1.54) is 50.5 Å². The maximum absolute atomic E-state index is 13.6. The third kappa shape index (κ3) is 4.29. The molecule has 0 bridgehead atoms. The topological polar surface area (TPSA) is 12.0 Å². The lowest BCUT2D eigenvalue weighted by atomic mass is 9.75. The Hall–Kier alpha value is -0.890. The number of unbranched alkanes of at least 4 members (excludes halogenated alkanes) is 1. The van der Waals surface area contributed by atoms with Crippen molar-refractivity contribution in [3.8, 4) is 0 Å². The molecule has 1 N–H and O–H groups in total. The number of hydrogen-bond donors (Lipinski definition) is 1. The van der Waals surface area contributed by atoms with Crippen LogP contribution in [-0.2, 0) is 0 Å². The normalized spacial score (nSPS) is 24.0. The lowest BCUT2D eigenvalue weighted by Crippen LogP contribution is -2.29. The highest BCUT2D eigenvalue weighted by atomic mass is 19.1. The van der Waals surface area contributed by atoms with E-state index in [0.29, 0.717) is 12.0 Å². The molecular weight excluding hydrogens is 261 g/mol. The minimum atomic E-state index is -0.118. The second-order valence-corrected chi connectivity index (χ2v) is 6.69. The summed E-state index contributed by atoms with van der Waals surface area (Å²) in [5.74, 6) is 1.45. The van der Waals surface area contributed by atoms with Crippen LogP contribution in [0.15, 0.2) is 18.2 Å². The number of rotatable bonds is 6. The maximum atomic E-state index is 13.6. The maximum Gasteiger partial charge on any atom is 0.123 e. The summed E-state index contributed by atoms with van der Waals surface area (Å²) in [6.07, 6.45) is 9.31. The van der Waals surface area contributed by atoms with Crippen molar-refractivity contribution in [3.05, 3.63) is 35.1 Å². The van der Waals surface area contributed by atoms with Gasteiger partial charge in [-0.15, -0.1) is 0 Å². The first kappa shape index (κ1) is 16.5. The highest BCUT2D eigenvalue weighted by molar-refractivity contribution is 5.30. The zero-order valence-electron chi connectivity index (χ0n) is 13.8. The second kappa shape index (κ2) is 7.93. The largest absolute Gasteiger partial charge is 0.313 e. The fourth-order valence-corrected chi connectivity index (χ4v) is 3.89. The van der Waals surface area contributed by atoms with Crippen LogP contribution in [0, 0.1) is 24.6 Å². The van der Waals surface area contributed by atoms with Crippen molar-refractivity contribution >= 4 is 0 Å². The first-order valence-electron chi connectivity index (χ1n) is 8.59. The van der Waals surface area contributed by atoms with Gasteiger partial charge in [-0.25, -0.2) is 4.39 Å². The lowest BCUT2D eigenvalue weighted by Gasteiger charge is -2.34. The molecule has 1 aromatic carbocycles. The summed E-state index contributed by atoms with van der Waals surface area (Å²) in [6, 6.07) is 5.49. The summed E-state index contributed by atoms with van der Waals surface area (Å²) in [4.78, 5) is 0. The second-order valence-electron chi connectivity index (χ2n) is 6.69. The Balaban J connectivity index is 2.01. The van der Waals surface area contributed by atoms with Crippen molar-refractivity contribution < 1.29 is 4.39 Å². The van der Waals surface area contributed by atoms with Crippen LogP contribution in [0.3, 0.4) is 0 Å². The Bertz CT molecular complexity index is 435. The van der Waals surface area contributed by atoms with Gasteiger partial charge in [0.25, 0.3) is 0 Å². The Morgan fingerprint density at radius 1 is 1.24 bits per heavy atom. The molecule has 1 atom stereocenters. The van der Waals surface area contributed by atoms with Gasteiger partial charge < -0.3 is 5.32 Å². The van der Waals surface area contributed by atoms with Crippen molar-refractivity contribution in [3.63, 3.8) is 0 Å². The average molecular weight is 291 g/mol. The van der Waals surface area contributed by atoms with Crippen LogP contribution in [0.25, 0.3) is 0 Å². The summed E-state index contributed by atoms with van der Waals surface area (Å²) in [5.41, 5.74) is 2.35. The highest BCUT2D eigenvalue weighted by Gasteiger charge is 2.28. The molecule has 1 nitrogen and oxygen atoms in total. The molecule has 0 aliphatic heterocycles.